The van der Waals surface area contributed by atoms with Crippen LogP contribution in [0.15, 0.2) is 29.2 Å². The van der Waals surface area contributed by atoms with Gasteiger partial charge in [-0.1, -0.05) is 0 Å². The molecule has 0 fully saturated rings. The van der Waals surface area contributed by atoms with Gasteiger partial charge in [0.25, 0.3) is 5.69 Å². The summed E-state index contributed by atoms with van der Waals surface area (Å²) in [6, 6.07) is 5.39. The van der Waals surface area contributed by atoms with Crippen molar-refractivity contribution in [2.45, 2.75) is 17.9 Å². The molecule has 0 saturated heterocycles. The Morgan fingerprint density at radius 3 is 2.61 bits per heavy atom. The normalized spacial score (nSPS) is 11.9. The fourth-order valence-corrected chi connectivity index (χ4v) is 2.00. The van der Waals surface area contributed by atoms with Crippen LogP contribution in [0, 0.1) is 10.1 Å². The Balaban J connectivity index is 2.48. The van der Waals surface area contributed by atoms with Crippen LogP contribution in [0.1, 0.15) is 6.92 Å². The molecule has 6 nitrogen and oxygen atoms in total. The number of carbonyl (C=O) groups excluding carboxylic acids is 1. The highest BCUT2D eigenvalue weighted by molar-refractivity contribution is 7.99. The van der Waals surface area contributed by atoms with Gasteiger partial charge in [0.1, 0.15) is 6.04 Å². The van der Waals surface area contributed by atoms with Crippen molar-refractivity contribution in [2.24, 2.45) is 5.73 Å². The lowest BCUT2D eigenvalue weighted by molar-refractivity contribution is -0.384. The van der Waals surface area contributed by atoms with Crippen molar-refractivity contribution < 1.29 is 14.5 Å². The van der Waals surface area contributed by atoms with E-state index in [9.17, 15) is 14.9 Å². The van der Waals surface area contributed by atoms with Crippen LogP contribution in [0.5, 0.6) is 0 Å². The zero-order valence-electron chi connectivity index (χ0n) is 9.87. The molecular weight excluding hydrogens is 256 g/mol. The zero-order chi connectivity index (χ0) is 13.5. The highest BCUT2D eigenvalue weighted by Gasteiger charge is 2.14. The molecule has 0 heterocycles. The van der Waals surface area contributed by atoms with Crippen LogP contribution in [0.25, 0.3) is 0 Å². The summed E-state index contributed by atoms with van der Waals surface area (Å²) in [7, 11) is 0. The molecular formula is C11H14N2O4S. The van der Waals surface area contributed by atoms with E-state index >= 15 is 0 Å². The fourth-order valence-electron chi connectivity index (χ4n) is 1.17. The van der Waals surface area contributed by atoms with Crippen molar-refractivity contribution in [1.82, 2.24) is 0 Å². The molecule has 1 rings (SSSR count). The van der Waals surface area contributed by atoms with E-state index in [1.807, 2.05) is 0 Å². The average Bonchev–Trinajstić information content (AvgIpc) is 2.36. The molecule has 18 heavy (non-hydrogen) atoms. The molecule has 0 radical (unpaired) electrons. The van der Waals surface area contributed by atoms with Crippen LogP contribution in [0.4, 0.5) is 5.69 Å². The summed E-state index contributed by atoms with van der Waals surface area (Å²) in [6.45, 7) is 2.02. The zero-order valence-corrected chi connectivity index (χ0v) is 10.7. The monoisotopic (exact) mass is 270 g/mol. The molecule has 1 unspecified atom stereocenters. The van der Waals surface area contributed by atoms with Gasteiger partial charge in [0.15, 0.2) is 0 Å². The van der Waals surface area contributed by atoms with Crippen molar-refractivity contribution in [3.05, 3.63) is 34.4 Å². The second-order valence-electron chi connectivity index (χ2n) is 3.42. The van der Waals surface area contributed by atoms with E-state index in [-0.39, 0.29) is 5.69 Å². The van der Waals surface area contributed by atoms with Gasteiger partial charge in [0.2, 0.25) is 0 Å². The maximum absolute atomic E-state index is 11.3. The lowest BCUT2D eigenvalue weighted by Crippen LogP contribution is -2.34. The van der Waals surface area contributed by atoms with E-state index < -0.39 is 16.9 Å². The molecule has 0 spiro atoms. The first-order chi connectivity index (χ1) is 8.54. The Bertz CT molecular complexity index is 422. The van der Waals surface area contributed by atoms with Crippen LogP contribution < -0.4 is 5.73 Å². The summed E-state index contributed by atoms with van der Waals surface area (Å²) in [5, 5.41) is 10.5. The smallest absolute Gasteiger partial charge is 0.323 e. The van der Waals surface area contributed by atoms with Gasteiger partial charge >= 0.3 is 5.97 Å². The number of nitrogens with zero attached hydrogens (tertiary/aromatic N) is 1. The van der Waals surface area contributed by atoms with Crippen LogP contribution in [-0.2, 0) is 9.53 Å². The Labute approximate surface area is 109 Å². The number of nitro groups is 1. The molecule has 1 atom stereocenters. The molecule has 2 N–H and O–H groups in total. The quantitative estimate of drug-likeness (QED) is 0.365. The first-order valence-corrected chi connectivity index (χ1v) is 6.32. The SMILES string of the molecule is CCOC(=O)C(N)CSc1ccc([N+](=O)[O-])cc1. The van der Waals surface area contributed by atoms with Crippen molar-refractivity contribution >= 4 is 23.4 Å². The van der Waals surface area contributed by atoms with Gasteiger partial charge in [0, 0.05) is 22.8 Å². The standard InChI is InChI=1S/C11H14N2O4S/c1-2-17-11(14)10(12)7-18-9-5-3-8(4-6-9)13(15)16/h3-6,10H,2,7,12H2,1H3. The van der Waals surface area contributed by atoms with Crippen molar-refractivity contribution in [2.75, 3.05) is 12.4 Å². The summed E-state index contributed by atoms with van der Waals surface area (Å²) in [6.07, 6.45) is 0. The minimum atomic E-state index is -0.690. The first kappa shape index (κ1) is 14.5. The molecule has 0 aliphatic rings. The number of nitro benzene ring substituents is 1. The number of rotatable bonds is 6. The predicted molar refractivity (Wildman–Crippen MR) is 68.4 cm³/mol. The fraction of sp³-hybridized carbons (Fsp3) is 0.364. The van der Waals surface area contributed by atoms with Gasteiger partial charge in [-0.15, -0.1) is 11.8 Å². The van der Waals surface area contributed by atoms with Gasteiger partial charge in [-0.25, -0.2) is 0 Å². The molecule has 7 heteroatoms. The van der Waals surface area contributed by atoms with Gasteiger partial charge in [0.05, 0.1) is 11.5 Å². The highest BCUT2D eigenvalue weighted by Crippen LogP contribution is 2.21. The largest absolute Gasteiger partial charge is 0.465 e. The Morgan fingerprint density at radius 1 is 1.50 bits per heavy atom. The number of esters is 1. The third kappa shape index (κ3) is 4.34. The van der Waals surface area contributed by atoms with Gasteiger partial charge < -0.3 is 10.5 Å². The summed E-state index contributed by atoms with van der Waals surface area (Å²) >= 11 is 1.35. The predicted octanol–water partition coefficient (Wildman–Crippen LogP) is 1.58. The highest BCUT2D eigenvalue weighted by atomic mass is 32.2. The molecule has 0 aromatic heterocycles. The van der Waals surface area contributed by atoms with Crippen molar-refractivity contribution in [1.29, 1.82) is 0 Å². The minimum Gasteiger partial charge on any atom is -0.465 e. The van der Waals surface area contributed by atoms with Crippen LogP contribution >= 0.6 is 11.8 Å². The van der Waals surface area contributed by atoms with Gasteiger partial charge in [-0.05, 0) is 19.1 Å². The lowest BCUT2D eigenvalue weighted by atomic mass is 10.3. The maximum Gasteiger partial charge on any atom is 0.323 e. The summed E-state index contributed by atoms with van der Waals surface area (Å²) in [5.41, 5.74) is 5.66. The lowest BCUT2D eigenvalue weighted by Gasteiger charge is -2.09. The number of hydrogen-bond acceptors (Lipinski definition) is 6. The summed E-state index contributed by atoms with van der Waals surface area (Å²) in [4.78, 5) is 22.1. The second kappa shape index (κ2) is 6.97. The van der Waals surface area contributed by atoms with E-state index in [0.717, 1.165) is 4.90 Å². The number of carbonyl (C=O) groups is 1. The second-order valence-corrected chi connectivity index (χ2v) is 4.51. The van der Waals surface area contributed by atoms with Gasteiger partial charge in [-0.2, -0.15) is 0 Å². The van der Waals surface area contributed by atoms with E-state index in [4.69, 9.17) is 10.5 Å². The number of benzene rings is 1. The van der Waals surface area contributed by atoms with E-state index in [2.05, 4.69) is 0 Å². The number of hydrogen-bond donors (Lipinski definition) is 1. The topological polar surface area (TPSA) is 95.5 Å². The first-order valence-electron chi connectivity index (χ1n) is 5.34. The minimum absolute atomic E-state index is 0.0361. The van der Waals surface area contributed by atoms with Crippen LogP contribution in [0.3, 0.4) is 0 Å². The third-order valence-corrected chi connectivity index (χ3v) is 3.20. The maximum atomic E-state index is 11.3. The number of nitrogens with two attached hydrogens (primary N) is 1. The molecule has 98 valence electrons. The molecule has 0 bridgehead atoms. The Hall–Kier alpha value is -1.60. The molecule has 0 aliphatic carbocycles. The van der Waals surface area contributed by atoms with E-state index in [0.29, 0.717) is 12.4 Å². The Kier molecular flexibility index (Phi) is 5.60. The summed E-state index contributed by atoms with van der Waals surface area (Å²) < 4.78 is 4.78. The average molecular weight is 270 g/mol. The number of non-ortho nitro benzene ring substituents is 1. The molecule has 0 amide bonds. The van der Waals surface area contributed by atoms with Crippen LogP contribution in [0.2, 0.25) is 0 Å². The molecule has 0 saturated carbocycles. The number of thioether (sulfide) groups is 1. The molecule has 1 aromatic carbocycles. The van der Waals surface area contributed by atoms with E-state index in [1.54, 1.807) is 19.1 Å². The number of ether oxygens (including phenoxy) is 1. The third-order valence-electron chi connectivity index (χ3n) is 2.07. The summed E-state index contributed by atoms with van der Waals surface area (Å²) in [5.74, 6) is -0.0664. The Morgan fingerprint density at radius 2 is 2.11 bits per heavy atom. The van der Waals surface area contributed by atoms with Crippen LogP contribution in [-0.4, -0.2) is 29.3 Å². The van der Waals surface area contributed by atoms with Crippen molar-refractivity contribution in [3.8, 4) is 0 Å². The van der Waals surface area contributed by atoms with E-state index in [1.165, 1.54) is 23.9 Å². The molecule has 0 aliphatic heterocycles. The van der Waals surface area contributed by atoms with Gasteiger partial charge in [-0.3, -0.25) is 14.9 Å². The molecule has 1 aromatic rings. The van der Waals surface area contributed by atoms with Crippen molar-refractivity contribution in [3.63, 3.8) is 0 Å².